The van der Waals surface area contributed by atoms with E-state index in [0.717, 1.165) is 28.8 Å². The molecule has 2 aromatic heterocycles. The van der Waals surface area contributed by atoms with Crippen LogP contribution in [0.1, 0.15) is 20.1 Å². The Kier molecular flexibility index (Phi) is 6.06. The molecule has 6 nitrogen and oxygen atoms in total. The number of rotatable bonds is 7. The molecule has 11 heteroatoms. The molecule has 2 N–H and O–H groups in total. The molecule has 3 rings (SSSR count). The Bertz CT molecular complexity index is 1010. The quantitative estimate of drug-likeness (QED) is 0.440. The molecular weight excluding hydrogens is 417 g/mol. The van der Waals surface area contributed by atoms with Crippen LogP contribution in [0.4, 0.5) is 13.2 Å². The van der Waals surface area contributed by atoms with E-state index in [1.807, 2.05) is 0 Å². The molecule has 0 radical (unpaired) electrons. The van der Waals surface area contributed by atoms with Crippen molar-refractivity contribution in [1.82, 2.24) is 10.3 Å². The van der Waals surface area contributed by atoms with E-state index in [1.165, 1.54) is 17.4 Å². The molecule has 0 unspecified atom stereocenters. The molecule has 2 heterocycles. The van der Waals surface area contributed by atoms with Crippen molar-refractivity contribution >= 4 is 45.9 Å². The number of benzene rings is 1. The van der Waals surface area contributed by atoms with Crippen LogP contribution in [0.2, 0.25) is 0 Å². The number of thioether (sulfide) groups is 1. The maximum absolute atomic E-state index is 12.7. The van der Waals surface area contributed by atoms with E-state index < -0.39 is 24.3 Å². The number of nitrogens with one attached hydrogen (secondary N) is 1. The maximum Gasteiger partial charge on any atom is 0.416 e. The molecule has 148 valence electrons. The lowest BCUT2D eigenvalue weighted by atomic mass is 10.2. The summed E-state index contributed by atoms with van der Waals surface area (Å²) in [4.78, 5) is 28.5. The highest BCUT2D eigenvalue weighted by atomic mass is 32.2. The summed E-state index contributed by atoms with van der Waals surface area (Å²) < 4.78 is 43.6. The lowest BCUT2D eigenvalue weighted by Crippen LogP contribution is -2.25. The minimum Gasteiger partial charge on any atom is -0.431 e. The molecule has 0 fully saturated rings. The minimum absolute atomic E-state index is 0.00189. The maximum atomic E-state index is 12.7. The van der Waals surface area contributed by atoms with Gasteiger partial charge in [-0.25, -0.2) is 4.98 Å². The van der Waals surface area contributed by atoms with Gasteiger partial charge in [-0.3, -0.25) is 9.59 Å². The fourth-order valence-electron chi connectivity index (χ4n) is 2.21. The standard InChI is InChI=1S/C17H13F3N2O4S2/c18-17(19,20)9-1-3-13-11(5-9)22-16(26-13)27-8-12(24)14-4-2-10(28-14)6-21-15(25)7-23/h1-5,23H,6-8H2,(H,21,25). The number of amides is 1. The van der Waals surface area contributed by atoms with Crippen LogP contribution in [-0.2, 0) is 17.5 Å². The number of hydrogen-bond acceptors (Lipinski definition) is 7. The van der Waals surface area contributed by atoms with Gasteiger partial charge in [0.25, 0.3) is 5.22 Å². The highest BCUT2D eigenvalue weighted by Gasteiger charge is 2.31. The number of hydrogen-bond donors (Lipinski definition) is 2. The molecule has 0 spiro atoms. The number of alkyl halides is 3. The normalized spacial score (nSPS) is 11.7. The van der Waals surface area contributed by atoms with Crippen molar-refractivity contribution in [2.45, 2.75) is 17.9 Å². The van der Waals surface area contributed by atoms with Gasteiger partial charge in [0.2, 0.25) is 5.91 Å². The van der Waals surface area contributed by atoms with Crippen LogP contribution in [0, 0.1) is 0 Å². The predicted molar refractivity (Wildman–Crippen MR) is 97.3 cm³/mol. The predicted octanol–water partition coefficient (Wildman–Crippen LogP) is 3.49. The number of ketones is 1. The SMILES string of the molecule is O=C(CO)NCc1ccc(C(=O)CSc2nc3cc(C(F)(F)F)ccc3o2)s1. The Balaban J connectivity index is 1.61. The number of oxazole rings is 1. The van der Waals surface area contributed by atoms with E-state index in [0.29, 0.717) is 4.88 Å². The fourth-order valence-corrected chi connectivity index (χ4v) is 3.91. The third-order valence-electron chi connectivity index (χ3n) is 3.56. The monoisotopic (exact) mass is 430 g/mol. The summed E-state index contributed by atoms with van der Waals surface area (Å²) in [6.45, 7) is -0.403. The molecule has 0 saturated heterocycles. The third-order valence-corrected chi connectivity index (χ3v) is 5.52. The molecule has 0 bridgehead atoms. The number of aliphatic hydroxyl groups excluding tert-OH is 1. The number of aliphatic hydroxyl groups is 1. The van der Waals surface area contributed by atoms with Crippen molar-refractivity contribution in [1.29, 1.82) is 0 Å². The Morgan fingerprint density at radius 3 is 2.75 bits per heavy atom. The Labute approximate surface area is 164 Å². The van der Waals surface area contributed by atoms with Gasteiger partial charge in [0, 0.05) is 4.88 Å². The number of Topliss-reactive ketones (excluding diaryl/α,β-unsaturated/α-hetero) is 1. The summed E-state index contributed by atoms with van der Waals surface area (Å²) in [5, 5.41) is 11.3. The first kappa shape index (κ1) is 20.4. The van der Waals surface area contributed by atoms with Gasteiger partial charge >= 0.3 is 6.18 Å². The van der Waals surface area contributed by atoms with Gasteiger partial charge in [-0.2, -0.15) is 13.2 Å². The lowest BCUT2D eigenvalue weighted by Gasteiger charge is -2.04. The first-order valence-electron chi connectivity index (χ1n) is 7.86. The molecule has 0 atom stereocenters. The van der Waals surface area contributed by atoms with E-state index in [-0.39, 0.29) is 34.4 Å². The summed E-state index contributed by atoms with van der Waals surface area (Å²) in [7, 11) is 0. The van der Waals surface area contributed by atoms with Gasteiger partial charge in [0.05, 0.1) is 22.7 Å². The van der Waals surface area contributed by atoms with Gasteiger partial charge in [-0.15, -0.1) is 11.3 Å². The third kappa shape index (κ3) is 4.91. The number of carbonyl (C=O) groups excluding carboxylic acids is 2. The van der Waals surface area contributed by atoms with Crippen LogP contribution in [0.25, 0.3) is 11.1 Å². The average molecular weight is 430 g/mol. The van der Waals surface area contributed by atoms with Gasteiger partial charge in [0.1, 0.15) is 12.1 Å². The van der Waals surface area contributed by atoms with Crippen molar-refractivity contribution in [3.63, 3.8) is 0 Å². The first-order valence-corrected chi connectivity index (χ1v) is 9.66. The van der Waals surface area contributed by atoms with Gasteiger partial charge in [-0.05, 0) is 30.3 Å². The molecule has 3 aromatic rings. The summed E-state index contributed by atoms with van der Waals surface area (Å²) in [6, 6.07) is 6.32. The summed E-state index contributed by atoms with van der Waals surface area (Å²) in [6.07, 6.45) is -4.47. The van der Waals surface area contributed by atoms with Crippen molar-refractivity contribution < 1.29 is 32.3 Å². The second-order valence-electron chi connectivity index (χ2n) is 5.57. The zero-order valence-corrected chi connectivity index (χ0v) is 15.7. The van der Waals surface area contributed by atoms with Crippen molar-refractivity contribution in [2.24, 2.45) is 0 Å². The molecule has 1 amide bonds. The van der Waals surface area contributed by atoms with Crippen molar-refractivity contribution in [3.05, 3.63) is 45.6 Å². The molecule has 28 heavy (non-hydrogen) atoms. The minimum atomic E-state index is -4.47. The number of carbonyl (C=O) groups is 2. The highest BCUT2D eigenvalue weighted by molar-refractivity contribution is 7.99. The molecule has 1 aromatic carbocycles. The van der Waals surface area contributed by atoms with E-state index >= 15 is 0 Å². The van der Waals surface area contributed by atoms with Gasteiger partial charge < -0.3 is 14.8 Å². The number of nitrogens with zero attached hydrogens (tertiary/aromatic N) is 1. The molecule has 0 aliphatic rings. The van der Waals surface area contributed by atoms with Crippen LogP contribution in [0.5, 0.6) is 0 Å². The second-order valence-corrected chi connectivity index (χ2v) is 7.67. The molecule has 0 saturated carbocycles. The Morgan fingerprint density at radius 1 is 1.25 bits per heavy atom. The van der Waals surface area contributed by atoms with E-state index in [1.54, 1.807) is 12.1 Å². The number of thiophene rings is 1. The number of fused-ring (bicyclic) bond motifs is 1. The smallest absolute Gasteiger partial charge is 0.416 e. The molecule has 0 aliphatic carbocycles. The zero-order chi connectivity index (χ0) is 20.3. The molecule has 0 aliphatic heterocycles. The van der Waals surface area contributed by atoms with Crippen molar-refractivity contribution in [3.8, 4) is 0 Å². The van der Waals surface area contributed by atoms with Crippen LogP contribution in [-0.4, -0.2) is 34.1 Å². The molecular formula is C17H13F3N2O4S2. The topological polar surface area (TPSA) is 92.4 Å². The first-order chi connectivity index (χ1) is 13.3. The summed E-state index contributed by atoms with van der Waals surface area (Å²) in [5.41, 5.74) is -0.538. The average Bonchev–Trinajstić information content (AvgIpc) is 3.29. The summed E-state index contributed by atoms with van der Waals surface area (Å²) >= 11 is 2.19. The highest BCUT2D eigenvalue weighted by Crippen LogP contribution is 2.32. The van der Waals surface area contributed by atoms with Gasteiger partial charge in [0.15, 0.2) is 11.4 Å². The van der Waals surface area contributed by atoms with E-state index in [9.17, 15) is 22.8 Å². The van der Waals surface area contributed by atoms with Crippen LogP contribution < -0.4 is 5.32 Å². The van der Waals surface area contributed by atoms with Crippen LogP contribution in [0.3, 0.4) is 0 Å². The number of aromatic nitrogens is 1. The lowest BCUT2D eigenvalue weighted by molar-refractivity contribution is -0.137. The zero-order valence-electron chi connectivity index (χ0n) is 14.1. The van der Waals surface area contributed by atoms with E-state index in [2.05, 4.69) is 10.3 Å². The Hall–Kier alpha value is -2.37. The number of halogens is 3. The second kappa shape index (κ2) is 8.33. The summed E-state index contributed by atoms with van der Waals surface area (Å²) in [5.74, 6) is -0.712. The van der Waals surface area contributed by atoms with Crippen molar-refractivity contribution in [2.75, 3.05) is 12.4 Å². The fraction of sp³-hybridized carbons (Fsp3) is 0.235. The van der Waals surface area contributed by atoms with Gasteiger partial charge in [-0.1, -0.05) is 11.8 Å². The van der Waals surface area contributed by atoms with Crippen LogP contribution >= 0.6 is 23.1 Å². The largest absolute Gasteiger partial charge is 0.431 e. The van der Waals surface area contributed by atoms with E-state index in [4.69, 9.17) is 9.52 Å². The van der Waals surface area contributed by atoms with Crippen LogP contribution in [0.15, 0.2) is 40.0 Å². The Morgan fingerprint density at radius 2 is 2.04 bits per heavy atom.